The van der Waals surface area contributed by atoms with Gasteiger partial charge in [0.2, 0.25) is 15.9 Å². The van der Waals surface area contributed by atoms with E-state index in [0.717, 1.165) is 5.69 Å². The maximum Gasteiger partial charge on any atom is 0.242 e. The fourth-order valence-corrected chi connectivity index (χ4v) is 2.78. The van der Waals surface area contributed by atoms with Gasteiger partial charge in [-0.25, -0.2) is 13.1 Å². The van der Waals surface area contributed by atoms with Crippen molar-refractivity contribution in [3.63, 3.8) is 0 Å². The normalized spacial score (nSPS) is 12.5. The van der Waals surface area contributed by atoms with Crippen molar-refractivity contribution in [1.82, 2.24) is 19.8 Å². The second-order valence-corrected chi connectivity index (χ2v) is 7.78. The Labute approximate surface area is 130 Å². The third kappa shape index (κ3) is 4.11. The quantitative estimate of drug-likeness (QED) is 0.897. The van der Waals surface area contributed by atoms with Crippen LogP contribution in [-0.4, -0.2) is 30.1 Å². The summed E-state index contributed by atoms with van der Waals surface area (Å²) >= 11 is 0. The number of aromatic nitrogens is 3. The first-order chi connectivity index (χ1) is 10.2. The Morgan fingerprint density at radius 1 is 1.27 bits per heavy atom. The lowest BCUT2D eigenvalue weighted by Gasteiger charge is -2.17. The van der Waals surface area contributed by atoms with Gasteiger partial charge in [-0.2, -0.15) is 4.98 Å². The number of aryl methyl sites for hydroxylation is 1. The van der Waals surface area contributed by atoms with E-state index in [1.54, 1.807) is 19.1 Å². The third-order valence-electron chi connectivity index (χ3n) is 3.02. The van der Waals surface area contributed by atoms with Crippen molar-refractivity contribution in [2.75, 3.05) is 6.54 Å². The maximum atomic E-state index is 12.2. The van der Waals surface area contributed by atoms with E-state index < -0.39 is 10.0 Å². The SMILES string of the molecule is Cc1noc(CCNS(=O)(=O)c2ccc(C(C)(C)C)nc2)n1. The van der Waals surface area contributed by atoms with Crippen LogP contribution in [0.1, 0.15) is 38.2 Å². The number of pyridine rings is 1. The van der Waals surface area contributed by atoms with Gasteiger partial charge in [0.1, 0.15) is 4.90 Å². The average Bonchev–Trinajstić information content (AvgIpc) is 2.83. The van der Waals surface area contributed by atoms with Crippen molar-refractivity contribution in [2.45, 2.75) is 44.4 Å². The molecule has 120 valence electrons. The molecule has 0 aliphatic carbocycles. The Balaban J connectivity index is 2.00. The molecular weight excluding hydrogens is 304 g/mol. The van der Waals surface area contributed by atoms with Gasteiger partial charge in [0, 0.05) is 30.3 Å². The molecule has 0 spiro atoms. The average molecular weight is 324 g/mol. The summed E-state index contributed by atoms with van der Waals surface area (Å²) in [7, 11) is -3.59. The molecule has 0 fully saturated rings. The van der Waals surface area contributed by atoms with E-state index in [1.807, 2.05) is 20.8 Å². The molecule has 2 aromatic rings. The van der Waals surface area contributed by atoms with E-state index in [4.69, 9.17) is 4.52 Å². The largest absolute Gasteiger partial charge is 0.339 e. The smallest absolute Gasteiger partial charge is 0.242 e. The maximum absolute atomic E-state index is 12.2. The summed E-state index contributed by atoms with van der Waals surface area (Å²) in [6.07, 6.45) is 1.72. The first-order valence-corrected chi connectivity index (χ1v) is 8.42. The van der Waals surface area contributed by atoms with E-state index in [1.165, 1.54) is 6.20 Å². The van der Waals surface area contributed by atoms with Crippen LogP contribution < -0.4 is 4.72 Å². The minimum Gasteiger partial charge on any atom is -0.339 e. The van der Waals surface area contributed by atoms with Crippen LogP contribution in [0.15, 0.2) is 27.7 Å². The molecule has 1 N–H and O–H groups in total. The fourth-order valence-electron chi connectivity index (χ4n) is 1.80. The molecular formula is C14H20N4O3S. The Morgan fingerprint density at radius 2 is 2.00 bits per heavy atom. The van der Waals surface area contributed by atoms with Crippen molar-refractivity contribution in [3.05, 3.63) is 35.7 Å². The molecule has 22 heavy (non-hydrogen) atoms. The van der Waals surface area contributed by atoms with E-state index >= 15 is 0 Å². The summed E-state index contributed by atoms with van der Waals surface area (Å²) in [6.45, 7) is 7.96. The van der Waals surface area contributed by atoms with Gasteiger partial charge in [-0.15, -0.1) is 0 Å². The molecule has 0 aromatic carbocycles. The molecule has 2 heterocycles. The predicted octanol–water partition coefficient (Wildman–Crippen LogP) is 1.59. The van der Waals surface area contributed by atoms with E-state index in [0.29, 0.717) is 18.1 Å². The molecule has 0 aliphatic rings. The molecule has 2 rings (SSSR count). The van der Waals surface area contributed by atoms with Gasteiger partial charge < -0.3 is 4.52 Å². The fraction of sp³-hybridized carbons (Fsp3) is 0.500. The van der Waals surface area contributed by atoms with Crippen LogP contribution in [0.5, 0.6) is 0 Å². The molecule has 0 aliphatic heterocycles. The second kappa shape index (κ2) is 6.13. The van der Waals surface area contributed by atoms with Crippen molar-refractivity contribution in [2.24, 2.45) is 0 Å². The molecule has 0 bridgehead atoms. The van der Waals surface area contributed by atoms with Crippen LogP contribution in [-0.2, 0) is 21.9 Å². The number of rotatable bonds is 5. The third-order valence-corrected chi connectivity index (χ3v) is 4.46. The van der Waals surface area contributed by atoms with Gasteiger partial charge in [0.15, 0.2) is 5.82 Å². The summed E-state index contributed by atoms with van der Waals surface area (Å²) in [5, 5.41) is 3.65. The van der Waals surface area contributed by atoms with Crippen LogP contribution in [0.2, 0.25) is 0 Å². The standard InChI is InChI=1S/C14H20N4O3S/c1-10-17-13(21-18-10)7-8-16-22(19,20)11-5-6-12(15-9-11)14(2,3)4/h5-6,9,16H,7-8H2,1-4H3. The molecule has 0 radical (unpaired) electrons. The van der Waals surface area contributed by atoms with Gasteiger partial charge in [0.05, 0.1) is 0 Å². The van der Waals surface area contributed by atoms with E-state index in [-0.39, 0.29) is 16.9 Å². The number of nitrogens with zero attached hydrogens (tertiary/aromatic N) is 3. The van der Waals surface area contributed by atoms with E-state index in [2.05, 4.69) is 19.8 Å². The highest BCUT2D eigenvalue weighted by atomic mass is 32.2. The first-order valence-electron chi connectivity index (χ1n) is 6.94. The topological polar surface area (TPSA) is 98.0 Å². The van der Waals surface area contributed by atoms with E-state index in [9.17, 15) is 8.42 Å². The Bertz CT molecular complexity index is 730. The highest BCUT2D eigenvalue weighted by Crippen LogP contribution is 2.20. The van der Waals surface area contributed by atoms with Gasteiger partial charge >= 0.3 is 0 Å². The van der Waals surface area contributed by atoms with Gasteiger partial charge in [-0.05, 0) is 19.1 Å². The molecule has 0 unspecified atom stereocenters. The Hall–Kier alpha value is -1.80. The van der Waals surface area contributed by atoms with Crippen LogP contribution >= 0.6 is 0 Å². The van der Waals surface area contributed by atoms with Crippen molar-refractivity contribution in [1.29, 1.82) is 0 Å². The summed E-state index contributed by atoms with van der Waals surface area (Å²) in [5.41, 5.74) is 0.721. The Morgan fingerprint density at radius 3 is 2.50 bits per heavy atom. The monoisotopic (exact) mass is 324 g/mol. The van der Waals surface area contributed by atoms with Gasteiger partial charge in [0.25, 0.3) is 0 Å². The van der Waals surface area contributed by atoms with Crippen LogP contribution in [0.4, 0.5) is 0 Å². The zero-order valence-corrected chi connectivity index (χ0v) is 13.9. The molecule has 0 saturated heterocycles. The molecule has 7 nitrogen and oxygen atoms in total. The van der Waals surface area contributed by atoms with Crippen molar-refractivity contribution in [3.8, 4) is 0 Å². The summed E-state index contributed by atoms with van der Waals surface area (Å²) in [4.78, 5) is 8.38. The Kier molecular flexibility index (Phi) is 4.62. The molecule has 2 aromatic heterocycles. The summed E-state index contributed by atoms with van der Waals surface area (Å²) in [6, 6.07) is 3.29. The molecule has 0 saturated carbocycles. The summed E-state index contributed by atoms with van der Waals surface area (Å²) in [5.74, 6) is 0.932. The van der Waals surface area contributed by atoms with Crippen LogP contribution in [0, 0.1) is 6.92 Å². The van der Waals surface area contributed by atoms with Gasteiger partial charge in [-0.3, -0.25) is 4.98 Å². The molecule has 0 amide bonds. The number of hydrogen-bond donors (Lipinski definition) is 1. The number of hydrogen-bond acceptors (Lipinski definition) is 6. The summed E-state index contributed by atoms with van der Waals surface area (Å²) < 4.78 is 31.8. The lowest BCUT2D eigenvalue weighted by Crippen LogP contribution is -2.26. The zero-order chi connectivity index (χ0) is 16.4. The molecule has 8 heteroatoms. The molecule has 0 atom stereocenters. The lowest BCUT2D eigenvalue weighted by molar-refractivity contribution is 0.375. The van der Waals surface area contributed by atoms with Crippen molar-refractivity contribution < 1.29 is 12.9 Å². The lowest BCUT2D eigenvalue weighted by atomic mass is 9.92. The number of sulfonamides is 1. The van der Waals surface area contributed by atoms with Gasteiger partial charge in [-0.1, -0.05) is 25.9 Å². The van der Waals surface area contributed by atoms with Crippen LogP contribution in [0.3, 0.4) is 0 Å². The van der Waals surface area contributed by atoms with Crippen LogP contribution in [0.25, 0.3) is 0 Å². The van der Waals surface area contributed by atoms with Crippen molar-refractivity contribution >= 4 is 10.0 Å². The predicted molar refractivity (Wildman–Crippen MR) is 80.9 cm³/mol. The number of nitrogens with one attached hydrogen (secondary N) is 1. The minimum atomic E-state index is -3.59. The highest BCUT2D eigenvalue weighted by Gasteiger charge is 2.18. The zero-order valence-electron chi connectivity index (χ0n) is 13.1. The first kappa shape index (κ1) is 16.6. The second-order valence-electron chi connectivity index (χ2n) is 6.01. The highest BCUT2D eigenvalue weighted by molar-refractivity contribution is 7.89. The minimum absolute atomic E-state index is 0.120.